The largest absolute Gasteiger partial charge is 0.256 e. The monoisotopic (exact) mass is 261 g/mol. The van der Waals surface area contributed by atoms with Gasteiger partial charge in [-0.05, 0) is 47.7 Å². The molecular weight excluding hydrogens is 242 g/mol. The normalized spacial score (nSPS) is 10.8. The molecule has 0 aliphatic carbocycles. The first-order chi connectivity index (χ1) is 9.86. The van der Waals surface area contributed by atoms with E-state index in [0.717, 1.165) is 5.52 Å². The average Bonchev–Trinajstić information content (AvgIpc) is 2.53. The van der Waals surface area contributed by atoms with Crippen LogP contribution in [0.3, 0.4) is 0 Å². The molecule has 0 saturated carbocycles. The Balaban J connectivity index is 1.90. The number of nitrogens with zero attached hydrogens (tertiary/aromatic N) is 1. The summed E-state index contributed by atoms with van der Waals surface area (Å²) in [6, 6.07) is 19.5. The molecule has 1 aromatic heterocycles. The summed E-state index contributed by atoms with van der Waals surface area (Å²) in [6.07, 6.45) is 5.53. The van der Waals surface area contributed by atoms with E-state index in [9.17, 15) is 0 Å². The lowest BCUT2D eigenvalue weighted by atomic mass is 10.0. The van der Waals surface area contributed by atoms with Crippen molar-refractivity contribution in [2.75, 3.05) is 0 Å². The van der Waals surface area contributed by atoms with Crippen LogP contribution in [0.4, 0.5) is 0 Å². The fourth-order valence-electron chi connectivity index (χ4n) is 2.50. The summed E-state index contributed by atoms with van der Waals surface area (Å²) in [5.41, 5.74) is 5.01. The van der Waals surface area contributed by atoms with Gasteiger partial charge < -0.3 is 0 Å². The molecule has 2 aromatic carbocycles. The first-order valence-electron chi connectivity index (χ1n) is 7.31. The SMILES string of the molecule is CCCCc1ccc(-c2ccc3ncccc3c2)cc1. The van der Waals surface area contributed by atoms with Gasteiger partial charge in [0.15, 0.2) is 0 Å². The molecule has 0 atom stereocenters. The maximum atomic E-state index is 4.36. The van der Waals surface area contributed by atoms with Crippen LogP contribution in [0, 0.1) is 0 Å². The summed E-state index contributed by atoms with van der Waals surface area (Å²) in [5, 5.41) is 1.19. The van der Waals surface area contributed by atoms with Crippen molar-refractivity contribution in [3.8, 4) is 11.1 Å². The van der Waals surface area contributed by atoms with E-state index in [2.05, 4.69) is 60.4 Å². The van der Waals surface area contributed by atoms with E-state index in [-0.39, 0.29) is 0 Å². The van der Waals surface area contributed by atoms with E-state index in [4.69, 9.17) is 0 Å². The lowest BCUT2D eigenvalue weighted by Gasteiger charge is -2.05. The predicted molar refractivity (Wildman–Crippen MR) is 85.8 cm³/mol. The molecule has 0 unspecified atom stereocenters. The molecule has 20 heavy (non-hydrogen) atoms. The lowest BCUT2D eigenvalue weighted by molar-refractivity contribution is 0.795. The van der Waals surface area contributed by atoms with Crippen molar-refractivity contribution in [2.24, 2.45) is 0 Å². The lowest BCUT2D eigenvalue weighted by Crippen LogP contribution is -1.85. The Kier molecular flexibility index (Phi) is 3.78. The van der Waals surface area contributed by atoms with Gasteiger partial charge in [0, 0.05) is 11.6 Å². The zero-order chi connectivity index (χ0) is 13.8. The second-order valence-corrected chi connectivity index (χ2v) is 5.21. The van der Waals surface area contributed by atoms with Crippen molar-refractivity contribution in [3.63, 3.8) is 0 Å². The Hall–Kier alpha value is -2.15. The number of hydrogen-bond acceptors (Lipinski definition) is 1. The standard InChI is InChI=1S/C19H19N/c1-2-3-5-15-7-9-16(10-8-15)17-11-12-19-18(14-17)6-4-13-20-19/h4,6-14H,2-3,5H2,1H3. The van der Waals surface area contributed by atoms with E-state index in [0.29, 0.717) is 0 Å². The van der Waals surface area contributed by atoms with Gasteiger partial charge in [-0.3, -0.25) is 4.98 Å². The van der Waals surface area contributed by atoms with Gasteiger partial charge >= 0.3 is 0 Å². The van der Waals surface area contributed by atoms with E-state index < -0.39 is 0 Å². The number of aryl methyl sites for hydroxylation is 1. The number of fused-ring (bicyclic) bond motifs is 1. The molecule has 1 heteroatoms. The Morgan fingerprint density at radius 2 is 1.70 bits per heavy atom. The molecule has 0 N–H and O–H groups in total. The highest BCUT2D eigenvalue weighted by atomic mass is 14.6. The fourth-order valence-corrected chi connectivity index (χ4v) is 2.50. The molecule has 0 aliphatic rings. The topological polar surface area (TPSA) is 12.9 Å². The van der Waals surface area contributed by atoms with Crippen LogP contribution in [-0.4, -0.2) is 4.98 Å². The van der Waals surface area contributed by atoms with Gasteiger partial charge in [-0.15, -0.1) is 0 Å². The van der Waals surface area contributed by atoms with Crippen LogP contribution in [0.15, 0.2) is 60.8 Å². The Bertz CT molecular complexity index is 698. The van der Waals surface area contributed by atoms with Gasteiger partial charge in [-0.1, -0.05) is 49.7 Å². The maximum absolute atomic E-state index is 4.36. The number of hydrogen-bond donors (Lipinski definition) is 0. The van der Waals surface area contributed by atoms with Gasteiger partial charge in [0.1, 0.15) is 0 Å². The van der Waals surface area contributed by atoms with Crippen LogP contribution in [0.5, 0.6) is 0 Å². The van der Waals surface area contributed by atoms with Crippen LogP contribution in [0.25, 0.3) is 22.0 Å². The molecule has 0 fully saturated rings. The van der Waals surface area contributed by atoms with Gasteiger partial charge in [-0.2, -0.15) is 0 Å². The van der Waals surface area contributed by atoms with Crippen molar-refractivity contribution >= 4 is 10.9 Å². The molecule has 3 rings (SSSR count). The van der Waals surface area contributed by atoms with Crippen LogP contribution >= 0.6 is 0 Å². The number of aromatic nitrogens is 1. The first-order valence-corrected chi connectivity index (χ1v) is 7.31. The molecule has 0 spiro atoms. The van der Waals surface area contributed by atoms with Crippen LogP contribution < -0.4 is 0 Å². The second-order valence-electron chi connectivity index (χ2n) is 5.21. The quantitative estimate of drug-likeness (QED) is 0.625. The molecule has 0 aliphatic heterocycles. The van der Waals surface area contributed by atoms with E-state index >= 15 is 0 Å². The summed E-state index contributed by atoms with van der Waals surface area (Å²) in [7, 11) is 0. The van der Waals surface area contributed by atoms with Gasteiger partial charge in [0.25, 0.3) is 0 Å². The molecule has 3 aromatic rings. The van der Waals surface area contributed by atoms with Gasteiger partial charge in [0.2, 0.25) is 0 Å². The van der Waals surface area contributed by atoms with Crippen molar-refractivity contribution in [3.05, 3.63) is 66.4 Å². The smallest absolute Gasteiger partial charge is 0.0702 e. The number of benzene rings is 2. The van der Waals surface area contributed by atoms with Crippen LogP contribution in [-0.2, 0) is 6.42 Å². The van der Waals surface area contributed by atoms with Crippen molar-refractivity contribution in [2.45, 2.75) is 26.2 Å². The molecule has 0 radical (unpaired) electrons. The summed E-state index contributed by atoms with van der Waals surface area (Å²) >= 11 is 0. The highest BCUT2D eigenvalue weighted by molar-refractivity contribution is 5.84. The third kappa shape index (κ3) is 2.72. The zero-order valence-electron chi connectivity index (χ0n) is 11.8. The predicted octanol–water partition coefficient (Wildman–Crippen LogP) is 5.24. The summed E-state index contributed by atoms with van der Waals surface area (Å²) in [6.45, 7) is 2.23. The molecule has 100 valence electrons. The van der Waals surface area contributed by atoms with E-state index in [1.807, 2.05) is 12.3 Å². The van der Waals surface area contributed by atoms with Gasteiger partial charge in [0.05, 0.1) is 5.52 Å². The van der Waals surface area contributed by atoms with E-state index in [1.54, 1.807) is 0 Å². The molecule has 1 heterocycles. The summed E-state index contributed by atoms with van der Waals surface area (Å²) < 4.78 is 0. The maximum Gasteiger partial charge on any atom is 0.0702 e. The molecule has 0 saturated heterocycles. The third-order valence-electron chi connectivity index (χ3n) is 3.71. The van der Waals surface area contributed by atoms with Crippen molar-refractivity contribution in [1.29, 1.82) is 0 Å². The van der Waals surface area contributed by atoms with Crippen molar-refractivity contribution < 1.29 is 0 Å². The average molecular weight is 261 g/mol. The highest BCUT2D eigenvalue weighted by Gasteiger charge is 2.00. The summed E-state index contributed by atoms with van der Waals surface area (Å²) in [5.74, 6) is 0. The second kappa shape index (κ2) is 5.87. The number of pyridine rings is 1. The minimum Gasteiger partial charge on any atom is -0.256 e. The Morgan fingerprint density at radius 3 is 2.50 bits per heavy atom. The molecular formula is C19H19N. The minimum atomic E-state index is 1.05. The molecule has 0 amide bonds. The summed E-state index contributed by atoms with van der Waals surface area (Å²) in [4.78, 5) is 4.36. The van der Waals surface area contributed by atoms with Gasteiger partial charge in [-0.25, -0.2) is 0 Å². The Labute approximate surface area is 120 Å². The molecule has 1 nitrogen and oxygen atoms in total. The first kappa shape index (κ1) is 12.9. The zero-order valence-corrected chi connectivity index (χ0v) is 11.8. The number of rotatable bonds is 4. The van der Waals surface area contributed by atoms with Crippen LogP contribution in [0.2, 0.25) is 0 Å². The molecule has 0 bridgehead atoms. The number of unbranched alkanes of at least 4 members (excludes halogenated alkanes) is 1. The van der Waals surface area contributed by atoms with E-state index in [1.165, 1.54) is 41.3 Å². The fraction of sp³-hybridized carbons (Fsp3) is 0.211. The Morgan fingerprint density at radius 1 is 0.900 bits per heavy atom. The third-order valence-corrected chi connectivity index (χ3v) is 3.71. The highest BCUT2D eigenvalue weighted by Crippen LogP contribution is 2.24. The van der Waals surface area contributed by atoms with Crippen LogP contribution in [0.1, 0.15) is 25.3 Å². The van der Waals surface area contributed by atoms with Crippen molar-refractivity contribution in [1.82, 2.24) is 4.98 Å². The minimum absolute atomic E-state index is 1.05.